The van der Waals surface area contributed by atoms with E-state index >= 15 is 0 Å². The molecule has 9 heteroatoms. The van der Waals surface area contributed by atoms with Crippen LogP contribution in [0.3, 0.4) is 0 Å². The second-order valence-electron chi connectivity index (χ2n) is 7.36. The summed E-state index contributed by atoms with van der Waals surface area (Å²) in [7, 11) is -4.05. The molecule has 0 aromatic heterocycles. The number of hydrogen-bond donors (Lipinski definition) is 3. The van der Waals surface area contributed by atoms with Crippen LogP contribution < -0.4 is 21.1 Å². The zero-order chi connectivity index (χ0) is 24.8. The van der Waals surface area contributed by atoms with Gasteiger partial charge in [0, 0.05) is 5.56 Å². The number of sulfone groups is 1. The Bertz CT molecular complexity index is 1460. The van der Waals surface area contributed by atoms with E-state index in [0.29, 0.717) is 11.3 Å². The monoisotopic (exact) mass is 487 g/mol. The Hall–Kier alpha value is -4.63. The maximum absolute atomic E-state index is 13.5. The number of rotatable bonds is 6. The average molecular weight is 488 g/mol. The van der Waals surface area contributed by atoms with Crippen LogP contribution in [0, 0.1) is 0 Å². The molecule has 4 N–H and O–H groups in total. The zero-order valence-electron chi connectivity index (χ0n) is 18.3. The van der Waals surface area contributed by atoms with Gasteiger partial charge in [0.25, 0.3) is 0 Å². The van der Waals surface area contributed by atoms with E-state index < -0.39 is 22.0 Å². The molecule has 0 saturated heterocycles. The van der Waals surface area contributed by atoms with Crippen molar-refractivity contribution in [2.45, 2.75) is 9.79 Å². The molecule has 0 unspecified atom stereocenters. The van der Waals surface area contributed by atoms with Crippen molar-refractivity contribution in [3.05, 3.63) is 103 Å². The number of amides is 3. The van der Waals surface area contributed by atoms with E-state index in [2.05, 4.69) is 10.6 Å². The lowest BCUT2D eigenvalue weighted by Crippen LogP contribution is -2.23. The first-order chi connectivity index (χ1) is 16.9. The molecule has 0 radical (unpaired) electrons. The Morgan fingerprint density at radius 3 is 1.89 bits per heavy atom. The van der Waals surface area contributed by atoms with Crippen LogP contribution in [0.4, 0.5) is 21.0 Å². The van der Waals surface area contributed by atoms with Crippen LogP contribution in [0.2, 0.25) is 0 Å². The highest BCUT2D eigenvalue weighted by molar-refractivity contribution is 7.91. The molecule has 4 aromatic carbocycles. The van der Waals surface area contributed by atoms with Gasteiger partial charge in [0.1, 0.15) is 5.75 Å². The van der Waals surface area contributed by atoms with Crippen molar-refractivity contribution >= 4 is 33.3 Å². The van der Waals surface area contributed by atoms with Crippen molar-refractivity contribution < 1.29 is 22.7 Å². The second-order valence-corrected chi connectivity index (χ2v) is 9.28. The van der Waals surface area contributed by atoms with Gasteiger partial charge in [-0.2, -0.15) is 0 Å². The molecule has 4 aromatic rings. The van der Waals surface area contributed by atoms with Gasteiger partial charge >= 0.3 is 12.1 Å². The lowest BCUT2D eigenvalue weighted by Gasteiger charge is -2.20. The van der Waals surface area contributed by atoms with Gasteiger partial charge in [0.05, 0.1) is 21.2 Å². The van der Waals surface area contributed by atoms with E-state index in [0.717, 1.165) is 0 Å². The van der Waals surface area contributed by atoms with Crippen LogP contribution in [0.15, 0.2) is 113 Å². The molecule has 176 valence electrons. The second kappa shape index (κ2) is 10.1. The molecule has 0 bridgehead atoms. The first-order valence-corrected chi connectivity index (χ1v) is 12.0. The summed E-state index contributed by atoms with van der Waals surface area (Å²) < 4.78 is 32.3. The minimum atomic E-state index is -4.05. The van der Waals surface area contributed by atoms with Gasteiger partial charge in [-0.1, -0.05) is 66.7 Å². The van der Waals surface area contributed by atoms with E-state index in [4.69, 9.17) is 10.5 Å². The van der Waals surface area contributed by atoms with Crippen LogP contribution in [-0.2, 0) is 9.84 Å². The molecule has 35 heavy (non-hydrogen) atoms. The molecule has 0 aliphatic heterocycles. The summed E-state index contributed by atoms with van der Waals surface area (Å²) in [6.07, 6.45) is -0.794. The molecular weight excluding hydrogens is 466 g/mol. The number of primary amides is 1. The van der Waals surface area contributed by atoms with Gasteiger partial charge in [-0.15, -0.1) is 0 Å². The Morgan fingerprint density at radius 2 is 1.29 bits per heavy atom. The summed E-state index contributed by atoms with van der Waals surface area (Å²) in [6.45, 7) is 0. The average Bonchev–Trinajstić information content (AvgIpc) is 2.85. The summed E-state index contributed by atoms with van der Waals surface area (Å²) in [5.74, 6) is 0.324. The third kappa shape index (κ3) is 5.31. The molecule has 3 amide bonds. The van der Waals surface area contributed by atoms with E-state index in [1.807, 2.05) is 0 Å². The predicted octanol–water partition coefficient (Wildman–Crippen LogP) is 5.29. The molecule has 0 atom stereocenters. The molecule has 0 aliphatic carbocycles. The number of carbonyl (C=O) groups is 2. The van der Waals surface area contributed by atoms with Crippen molar-refractivity contribution in [1.82, 2.24) is 0 Å². The highest BCUT2D eigenvalue weighted by Crippen LogP contribution is 2.41. The largest absolute Gasteiger partial charge is 0.417 e. The fraction of sp³-hybridized carbons (Fsp3) is 0. The van der Waals surface area contributed by atoms with Crippen molar-refractivity contribution in [3.8, 4) is 16.9 Å². The molecule has 0 aliphatic rings. The highest BCUT2D eigenvalue weighted by Gasteiger charge is 2.27. The van der Waals surface area contributed by atoms with Crippen LogP contribution in [-0.4, -0.2) is 20.5 Å². The van der Waals surface area contributed by atoms with Crippen LogP contribution in [0.25, 0.3) is 11.1 Å². The van der Waals surface area contributed by atoms with Gasteiger partial charge in [-0.05, 0) is 42.0 Å². The molecule has 0 heterocycles. The Kier molecular flexibility index (Phi) is 6.79. The Labute approximate surface area is 202 Å². The number of ether oxygens (including phenoxy) is 1. The third-order valence-electron chi connectivity index (χ3n) is 5.01. The summed E-state index contributed by atoms with van der Waals surface area (Å²) >= 11 is 0. The van der Waals surface area contributed by atoms with Crippen LogP contribution in [0.1, 0.15) is 0 Å². The van der Waals surface area contributed by atoms with E-state index in [1.54, 1.807) is 78.9 Å². The Balaban J connectivity index is 1.88. The fourth-order valence-corrected chi connectivity index (χ4v) is 4.96. The quantitative estimate of drug-likeness (QED) is 0.341. The van der Waals surface area contributed by atoms with Gasteiger partial charge in [-0.3, -0.25) is 5.32 Å². The number of nitrogens with one attached hydrogen (secondary N) is 2. The smallest absolute Gasteiger partial charge is 0.410 e. The summed E-state index contributed by atoms with van der Waals surface area (Å²) in [5, 5.41) is 5.09. The Morgan fingerprint density at radius 1 is 0.714 bits per heavy atom. The van der Waals surface area contributed by atoms with Crippen LogP contribution in [0.5, 0.6) is 5.75 Å². The fourth-order valence-electron chi connectivity index (χ4n) is 3.52. The third-order valence-corrected chi connectivity index (χ3v) is 6.82. The highest BCUT2D eigenvalue weighted by atomic mass is 32.2. The lowest BCUT2D eigenvalue weighted by atomic mass is 10.0. The number of para-hydroxylation sites is 1. The number of anilines is 2. The first kappa shape index (κ1) is 23.5. The molecule has 0 spiro atoms. The van der Waals surface area contributed by atoms with Gasteiger partial charge in [0.15, 0.2) is 0 Å². The summed E-state index contributed by atoms with van der Waals surface area (Å²) in [6, 6.07) is 26.7. The van der Waals surface area contributed by atoms with Gasteiger partial charge in [0.2, 0.25) is 9.84 Å². The van der Waals surface area contributed by atoms with E-state index in [1.165, 1.54) is 24.3 Å². The number of urea groups is 1. The molecule has 0 saturated carbocycles. The SMILES string of the molecule is NC(=O)Nc1c(S(=O)(=O)c2ccccc2)ccc(NC(=O)Oc2ccccc2)c1-c1ccccc1. The molecule has 8 nitrogen and oxygen atoms in total. The van der Waals surface area contributed by atoms with E-state index in [9.17, 15) is 18.0 Å². The normalized spacial score (nSPS) is 10.9. The van der Waals surface area contributed by atoms with Crippen LogP contribution >= 0.6 is 0 Å². The van der Waals surface area contributed by atoms with Crippen molar-refractivity contribution in [3.63, 3.8) is 0 Å². The minimum absolute atomic E-state index is 0.0377. The maximum Gasteiger partial charge on any atom is 0.417 e. The predicted molar refractivity (Wildman–Crippen MR) is 133 cm³/mol. The molecular formula is C26H21N3O5S. The van der Waals surface area contributed by atoms with E-state index in [-0.39, 0.29) is 26.7 Å². The number of hydrogen-bond acceptors (Lipinski definition) is 5. The number of nitrogens with two attached hydrogens (primary N) is 1. The summed E-state index contributed by atoms with van der Waals surface area (Å²) in [4.78, 5) is 24.4. The van der Waals surface area contributed by atoms with Crippen molar-refractivity contribution in [2.75, 3.05) is 10.6 Å². The maximum atomic E-state index is 13.5. The number of benzene rings is 4. The number of carbonyl (C=O) groups excluding carboxylic acids is 2. The minimum Gasteiger partial charge on any atom is -0.410 e. The standard InChI is InChI=1S/C26H21N3O5S/c27-25(30)29-24-22(35(32,33)20-14-8-3-9-15-20)17-16-21(23(24)18-10-4-1-5-11-18)28-26(31)34-19-12-6-2-7-13-19/h1-17H,(H,28,31)(H3,27,29,30). The first-order valence-electron chi connectivity index (χ1n) is 10.5. The molecule has 0 fully saturated rings. The summed E-state index contributed by atoms with van der Waals surface area (Å²) in [5.41, 5.74) is 6.36. The topological polar surface area (TPSA) is 128 Å². The molecule has 4 rings (SSSR count). The van der Waals surface area contributed by atoms with Gasteiger partial charge in [-0.25, -0.2) is 18.0 Å². The van der Waals surface area contributed by atoms with Crippen molar-refractivity contribution in [1.29, 1.82) is 0 Å². The van der Waals surface area contributed by atoms with Gasteiger partial charge < -0.3 is 15.8 Å². The lowest BCUT2D eigenvalue weighted by molar-refractivity contribution is 0.215. The zero-order valence-corrected chi connectivity index (χ0v) is 19.2. The van der Waals surface area contributed by atoms with Crippen molar-refractivity contribution in [2.24, 2.45) is 5.73 Å².